The summed E-state index contributed by atoms with van der Waals surface area (Å²) >= 11 is 0. The number of aryl methyl sites for hydroxylation is 2. The number of likely N-dealkylation sites (tertiary alicyclic amines) is 1. The van der Waals surface area contributed by atoms with E-state index in [-0.39, 0.29) is 5.91 Å². The minimum absolute atomic E-state index is 0.0715. The first-order valence-corrected chi connectivity index (χ1v) is 7.86. The van der Waals surface area contributed by atoms with Crippen LogP contribution in [0.3, 0.4) is 0 Å². The average Bonchev–Trinajstić information content (AvgIpc) is 3.18. The third kappa shape index (κ3) is 1.69. The van der Waals surface area contributed by atoms with Gasteiger partial charge in [0.25, 0.3) is 5.91 Å². The van der Waals surface area contributed by atoms with E-state index in [1.54, 1.807) is 13.0 Å². The zero-order valence-corrected chi connectivity index (χ0v) is 12.8. The number of rotatable bonds is 3. The Bertz CT molecular complexity index is 720. The topological polar surface area (TPSA) is 72.4 Å². The van der Waals surface area contributed by atoms with Crippen molar-refractivity contribution in [3.63, 3.8) is 0 Å². The predicted octanol–water partition coefficient (Wildman–Crippen LogP) is 2.68. The van der Waals surface area contributed by atoms with Gasteiger partial charge in [0.1, 0.15) is 11.3 Å². The molecule has 116 valence electrons. The Balaban J connectivity index is 1.70. The third-order valence-electron chi connectivity index (χ3n) is 5.09. The van der Waals surface area contributed by atoms with Crippen LogP contribution in [0.5, 0.6) is 0 Å². The van der Waals surface area contributed by atoms with Crippen LogP contribution in [0.1, 0.15) is 54.3 Å². The Kier molecular flexibility index (Phi) is 2.89. The molecule has 1 amide bonds. The van der Waals surface area contributed by atoms with Gasteiger partial charge in [-0.05, 0) is 37.3 Å². The molecule has 2 atom stereocenters. The zero-order valence-electron chi connectivity index (χ0n) is 12.8. The maximum Gasteiger partial charge on any atom is 0.290 e. The SMILES string of the molecule is CCc1ccc(C(=O)N2CC[C@@H]3CC[C@@]32c2nnc(C)o2)o1. The number of amides is 1. The van der Waals surface area contributed by atoms with Crippen molar-refractivity contribution >= 4 is 5.91 Å². The van der Waals surface area contributed by atoms with E-state index in [0.717, 1.165) is 31.4 Å². The molecular weight excluding hydrogens is 282 g/mol. The minimum atomic E-state index is -0.419. The molecule has 2 aromatic rings. The van der Waals surface area contributed by atoms with Crippen molar-refractivity contribution in [1.82, 2.24) is 15.1 Å². The standard InChI is InChI=1S/C16H19N3O3/c1-3-12-4-5-13(22-12)14(20)19-9-7-11-6-8-16(11,19)15-18-17-10(2)21-15/h4-5,11H,3,6-9H2,1-2H3/t11-,16-/m0/s1. The summed E-state index contributed by atoms with van der Waals surface area (Å²) in [4.78, 5) is 14.8. The molecule has 1 saturated heterocycles. The molecule has 2 aliphatic rings. The van der Waals surface area contributed by atoms with Crippen LogP contribution < -0.4 is 0 Å². The molecule has 3 heterocycles. The van der Waals surface area contributed by atoms with Crippen LogP contribution >= 0.6 is 0 Å². The van der Waals surface area contributed by atoms with Crippen molar-refractivity contribution in [2.24, 2.45) is 5.92 Å². The van der Waals surface area contributed by atoms with E-state index in [2.05, 4.69) is 10.2 Å². The molecule has 0 bridgehead atoms. The van der Waals surface area contributed by atoms with Gasteiger partial charge in [-0.1, -0.05) is 6.92 Å². The normalized spacial score (nSPS) is 26.8. The van der Waals surface area contributed by atoms with Crippen LogP contribution in [0.15, 0.2) is 21.0 Å². The molecule has 0 spiro atoms. The van der Waals surface area contributed by atoms with Gasteiger partial charge < -0.3 is 13.7 Å². The monoisotopic (exact) mass is 301 g/mol. The van der Waals surface area contributed by atoms with Crippen LogP contribution in [0.2, 0.25) is 0 Å². The lowest BCUT2D eigenvalue weighted by Gasteiger charge is -2.46. The first kappa shape index (κ1) is 13.5. The molecule has 1 aliphatic heterocycles. The number of carbonyl (C=O) groups excluding carboxylic acids is 1. The van der Waals surface area contributed by atoms with E-state index in [1.165, 1.54) is 0 Å². The van der Waals surface area contributed by atoms with Gasteiger partial charge in [-0.15, -0.1) is 10.2 Å². The lowest BCUT2D eigenvalue weighted by atomic mass is 9.67. The lowest BCUT2D eigenvalue weighted by Crippen LogP contribution is -2.53. The maximum atomic E-state index is 12.9. The second-order valence-corrected chi connectivity index (χ2v) is 6.15. The molecular formula is C16H19N3O3. The fourth-order valence-electron chi connectivity index (χ4n) is 3.81. The van der Waals surface area contributed by atoms with Gasteiger partial charge in [0.2, 0.25) is 11.8 Å². The summed E-state index contributed by atoms with van der Waals surface area (Å²) < 4.78 is 11.3. The molecule has 4 rings (SSSR count). The molecule has 2 aromatic heterocycles. The van der Waals surface area contributed by atoms with Crippen molar-refractivity contribution in [2.45, 2.75) is 45.1 Å². The number of furan rings is 1. The number of nitrogens with zero attached hydrogens (tertiary/aromatic N) is 3. The number of hydrogen-bond acceptors (Lipinski definition) is 5. The Morgan fingerprint density at radius 1 is 1.36 bits per heavy atom. The first-order valence-electron chi connectivity index (χ1n) is 7.86. The van der Waals surface area contributed by atoms with Gasteiger partial charge in [0.05, 0.1) is 0 Å². The summed E-state index contributed by atoms with van der Waals surface area (Å²) in [5.74, 6) is 2.69. The fourth-order valence-corrected chi connectivity index (χ4v) is 3.81. The van der Waals surface area contributed by atoms with Gasteiger partial charge in [0, 0.05) is 19.9 Å². The van der Waals surface area contributed by atoms with Crippen LogP contribution in [0.25, 0.3) is 0 Å². The number of hydrogen-bond donors (Lipinski definition) is 0. The number of fused-ring (bicyclic) bond motifs is 1. The molecule has 0 unspecified atom stereocenters. The summed E-state index contributed by atoms with van der Waals surface area (Å²) in [5, 5.41) is 8.16. The maximum absolute atomic E-state index is 12.9. The summed E-state index contributed by atoms with van der Waals surface area (Å²) in [5.41, 5.74) is -0.419. The van der Waals surface area contributed by atoms with Crippen LogP contribution in [-0.2, 0) is 12.0 Å². The van der Waals surface area contributed by atoms with Gasteiger partial charge in [-0.3, -0.25) is 4.79 Å². The van der Waals surface area contributed by atoms with Crippen molar-refractivity contribution in [3.8, 4) is 0 Å². The largest absolute Gasteiger partial charge is 0.456 e. The van der Waals surface area contributed by atoms with E-state index in [1.807, 2.05) is 17.9 Å². The highest BCUT2D eigenvalue weighted by Crippen LogP contribution is 2.56. The average molecular weight is 301 g/mol. The van der Waals surface area contributed by atoms with Gasteiger partial charge in [-0.2, -0.15) is 0 Å². The summed E-state index contributed by atoms with van der Waals surface area (Å²) in [6.45, 7) is 4.50. The Hall–Kier alpha value is -2.11. The highest BCUT2D eigenvalue weighted by Gasteiger charge is 2.61. The molecule has 22 heavy (non-hydrogen) atoms. The Labute approximate surface area is 128 Å². The minimum Gasteiger partial charge on any atom is -0.456 e. The molecule has 1 aliphatic carbocycles. The van der Waals surface area contributed by atoms with E-state index < -0.39 is 5.54 Å². The molecule has 0 N–H and O–H groups in total. The smallest absolute Gasteiger partial charge is 0.290 e. The van der Waals surface area contributed by atoms with Crippen LogP contribution in [0.4, 0.5) is 0 Å². The van der Waals surface area contributed by atoms with Gasteiger partial charge in [0.15, 0.2) is 5.76 Å². The van der Waals surface area contributed by atoms with E-state index in [4.69, 9.17) is 8.83 Å². The lowest BCUT2D eigenvalue weighted by molar-refractivity contribution is -0.00531. The summed E-state index contributed by atoms with van der Waals surface area (Å²) in [6.07, 6.45) is 3.74. The molecule has 6 heteroatoms. The summed E-state index contributed by atoms with van der Waals surface area (Å²) in [7, 11) is 0. The molecule has 1 saturated carbocycles. The Morgan fingerprint density at radius 2 is 2.23 bits per heavy atom. The summed E-state index contributed by atoms with van der Waals surface area (Å²) in [6, 6.07) is 3.63. The zero-order chi connectivity index (χ0) is 15.3. The molecule has 0 radical (unpaired) electrons. The van der Waals surface area contributed by atoms with Crippen molar-refractivity contribution in [3.05, 3.63) is 35.4 Å². The quantitative estimate of drug-likeness (QED) is 0.871. The molecule has 0 aromatic carbocycles. The first-order chi connectivity index (χ1) is 10.6. The van der Waals surface area contributed by atoms with E-state index in [0.29, 0.717) is 30.0 Å². The van der Waals surface area contributed by atoms with Crippen LogP contribution in [-0.4, -0.2) is 27.5 Å². The second kappa shape index (κ2) is 4.69. The highest BCUT2D eigenvalue weighted by atomic mass is 16.4. The predicted molar refractivity (Wildman–Crippen MR) is 77.2 cm³/mol. The number of aromatic nitrogens is 2. The van der Waals surface area contributed by atoms with E-state index >= 15 is 0 Å². The van der Waals surface area contributed by atoms with E-state index in [9.17, 15) is 4.79 Å². The molecule has 6 nitrogen and oxygen atoms in total. The van der Waals surface area contributed by atoms with Crippen molar-refractivity contribution < 1.29 is 13.6 Å². The van der Waals surface area contributed by atoms with Crippen molar-refractivity contribution in [2.75, 3.05) is 6.54 Å². The third-order valence-corrected chi connectivity index (χ3v) is 5.09. The van der Waals surface area contributed by atoms with Gasteiger partial charge in [-0.25, -0.2) is 0 Å². The van der Waals surface area contributed by atoms with Crippen LogP contribution in [0, 0.1) is 12.8 Å². The highest BCUT2D eigenvalue weighted by molar-refractivity contribution is 5.92. The Morgan fingerprint density at radius 3 is 2.82 bits per heavy atom. The molecule has 2 fully saturated rings. The second-order valence-electron chi connectivity index (χ2n) is 6.15. The van der Waals surface area contributed by atoms with Gasteiger partial charge >= 0.3 is 0 Å². The van der Waals surface area contributed by atoms with Crippen molar-refractivity contribution in [1.29, 1.82) is 0 Å². The number of carbonyl (C=O) groups is 1. The fraction of sp³-hybridized carbons (Fsp3) is 0.562.